The van der Waals surface area contributed by atoms with Crippen LogP contribution in [-0.4, -0.2) is 33.7 Å². The number of ether oxygens (including phenoxy) is 4. The molecule has 0 fully saturated rings. The van der Waals surface area contributed by atoms with Gasteiger partial charge in [0.1, 0.15) is 5.75 Å². The summed E-state index contributed by atoms with van der Waals surface area (Å²) in [5.41, 5.74) is 1.33. The normalized spacial score (nSPS) is 10.6. The molecule has 0 N–H and O–H groups in total. The molecule has 0 aliphatic heterocycles. The van der Waals surface area contributed by atoms with Gasteiger partial charge in [0.15, 0.2) is 17.3 Å². The molecule has 5 heteroatoms. The number of hydrogen-bond acceptors (Lipinski definition) is 5. The van der Waals surface area contributed by atoms with Gasteiger partial charge in [-0.05, 0) is 42.8 Å². The topological polar surface area (TPSA) is 54.0 Å². The summed E-state index contributed by atoms with van der Waals surface area (Å²) >= 11 is 0. The average Bonchev–Trinajstić information content (AvgIpc) is 2.66. The van der Waals surface area contributed by atoms with E-state index in [4.69, 9.17) is 18.9 Å². The van der Waals surface area contributed by atoms with Crippen molar-refractivity contribution in [3.63, 3.8) is 0 Å². The molecule has 132 valence electrons. The van der Waals surface area contributed by atoms with E-state index in [9.17, 15) is 4.79 Å². The van der Waals surface area contributed by atoms with Crippen LogP contribution in [0.25, 0.3) is 6.08 Å². The highest BCUT2D eigenvalue weighted by atomic mass is 16.5. The maximum absolute atomic E-state index is 12.3. The summed E-state index contributed by atoms with van der Waals surface area (Å²) in [6, 6.07) is 10.6. The summed E-state index contributed by atoms with van der Waals surface area (Å²) in [6.07, 6.45) is 3.21. The molecule has 0 radical (unpaired) electrons. The molecule has 2 aromatic carbocycles. The molecular formula is C20H22O5. The van der Waals surface area contributed by atoms with E-state index >= 15 is 0 Å². The minimum atomic E-state index is -0.120. The number of benzene rings is 2. The zero-order valence-electron chi connectivity index (χ0n) is 14.9. The lowest BCUT2D eigenvalue weighted by atomic mass is 10.1. The molecule has 0 unspecified atom stereocenters. The van der Waals surface area contributed by atoms with Gasteiger partial charge in [0.2, 0.25) is 5.75 Å². The maximum Gasteiger partial charge on any atom is 0.203 e. The number of hydrogen-bond donors (Lipinski definition) is 0. The van der Waals surface area contributed by atoms with Gasteiger partial charge in [-0.15, -0.1) is 0 Å². The first-order valence-electron chi connectivity index (χ1n) is 7.88. The van der Waals surface area contributed by atoms with Gasteiger partial charge in [0.05, 0.1) is 27.9 Å². The van der Waals surface area contributed by atoms with E-state index in [-0.39, 0.29) is 5.78 Å². The molecule has 25 heavy (non-hydrogen) atoms. The van der Waals surface area contributed by atoms with Gasteiger partial charge in [-0.1, -0.05) is 18.2 Å². The van der Waals surface area contributed by atoms with Crippen LogP contribution in [0, 0.1) is 0 Å². The highest BCUT2D eigenvalue weighted by Crippen LogP contribution is 2.38. The highest BCUT2D eigenvalue weighted by Gasteiger charge is 2.13. The van der Waals surface area contributed by atoms with E-state index in [1.807, 2.05) is 6.92 Å². The number of rotatable bonds is 8. The molecule has 0 amide bonds. The van der Waals surface area contributed by atoms with Crippen molar-refractivity contribution in [3.05, 3.63) is 53.6 Å². The quantitative estimate of drug-likeness (QED) is 0.536. The molecule has 0 saturated heterocycles. The average molecular weight is 342 g/mol. The Labute approximate surface area is 147 Å². The summed E-state index contributed by atoms with van der Waals surface area (Å²) < 4.78 is 21.4. The molecule has 0 heterocycles. The van der Waals surface area contributed by atoms with Crippen LogP contribution in [0.5, 0.6) is 23.0 Å². The van der Waals surface area contributed by atoms with Gasteiger partial charge < -0.3 is 18.9 Å². The van der Waals surface area contributed by atoms with E-state index in [1.165, 1.54) is 6.08 Å². The zero-order valence-corrected chi connectivity index (χ0v) is 14.9. The Bertz CT molecular complexity index is 739. The Balaban J connectivity index is 2.29. The smallest absolute Gasteiger partial charge is 0.203 e. The van der Waals surface area contributed by atoms with Gasteiger partial charge in [-0.25, -0.2) is 0 Å². The van der Waals surface area contributed by atoms with Gasteiger partial charge in [-0.3, -0.25) is 4.79 Å². The summed E-state index contributed by atoms with van der Waals surface area (Å²) in [7, 11) is 4.69. The fourth-order valence-electron chi connectivity index (χ4n) is 2.33. The predicted octanol–water partition coefficient (Wildman–Crippen LogP) is 4.01. The van der Waals surface area contributed by atoms with Crippen LogP contribution < -0.4 is 18.9 Å². The van der Waals surface area contributed by atoms with Crippen LogP contribution in [0.1, 0.15) is 22.8 Å². The Hall–Kier alpha value is -2.95. The third-order valence-corrected chi connectivity index (χ3v) is 3.55. The van der Waals surface area contributed by atoms with Crippen molar-refractivity contribution in [2.75, 3.05) is 27.9 Å². The number of carbonyl (C=O) groups is 1. The van der Waals surface area contributed by atoms with Crippen LogP contribution >= 0.6 is 0 Å². The highest BCUT2D eigenvalue weighted by molar-refractivity contribution is 6.07. The summed E-state index contributed by atoms with van der Waals surface area (Å²) in [5, 5.41) is 0. The molecule has 0 aromatic heterocycles. The molecule has 0 bridgehead atoms. The van der Waals surface area contributed by atoms with Crippen molar-refractivity contribution in [2.24, 2.45) is 0 Å². The minimum absolute atomic E-state index is 0.120. The molecule has 0 atom stereocenters. The predicted molar refractivity (Wildman–Crippen MR) is 97.1 cm³/mol. The van der Waals surface area contributed by atoms with Gasteiger partial charge in [0.25, 0.3) is 0 Å². The van der Waals surface area contributed by atoms with Crippen molar-refractivity contribution < 1.29 is 23.7 Å². The molecule has 0 saturated carbocycles. The first-order chi connectivity index (χ1) is 12.1. The Morgan fingerprint density at radius 3 is 2.24 bits per heavy atom. The van der Waals surface area contributed by atoms with Crippen molar-refractivity contribution in [1.29, 1.82) is 0 Å². The third kappa shape index (κ3) is 4.53. The van der Waals surface area contributed by atoms with Gasteiger partial charge in [-0.2, -0.15) is 0 Å². The second-order valence-corrected chi connectivity index (χ2v) is 5.12. The number of methoxy groups -OCH3 is 3. The number of allylic oxidation sites excluding steroid dienone is 1. The Morgan fingerprint density at radius 1 is 1.00 bits per heavy atom. The van der Waals surface area contributed by atoms with Crippen LogP contribution in [0.3, 0.4) is 0 Å². The first kappa shape index (κ1) is 18.4. The lowest BCUT2D eigenvalue weighted by Crippen LogP contribution is -1.99. The lowest BCUT2D eigenvalue weighted by molar-refractivity contribution is 0.104. The van der Waals surface area contributed by atoms with Gasteiger partial charge >= 0.3 is 0 Å². The van der Waals surface area contributed by atoms with E-state index in [0.717, 1.165) is 5.56 Å². The van der Waals surface area contributed by atoms with Gasteiger partial charge in [0, 0.05) is 5.56 Å². The third-order valence-electron chi connectivity index (χ3n) is 3.55. The lowest BCUT2D eigenvalue weighted by Gasteiger charge is -2.14. The monoisotopic (exact) mass is 342 g/mol. The molecule has 0 aliphatic rings. The number of carbonyl (C=O) groups excluding carboxylic acids is 1. The molecule has 2 rings (SSSR count). The SMILES string of the molecule is CCOc1c(OC)cc(C=CC(=O)c2cccc(OC)c2)cc1OC. The number of ketones is 1. The minimum Gasteiger partial charge on any atom is -0.497 e. The summed E-state index contributed by atoms with van der Waals surface area (Å²) in [6.45, 7) is 2.38. The summed E-state index contributed by atoms with van der Waals surface area (Å²) in [5.74, 6) is 2.17. The van der Waals surface area contributed by atoms with Crippen molar-refractivity contribution in [2.45, 2.75) is 6.92 Å². The van der Waals surface area contributed by atoms with Crippen molar-refractivity contribution in [1.82, 2.24) is 0 Å². The summed E-state index contributed by atoms with van der Waals surface area (Å²) in [4.78, 5) is 12.3. The van der Waals surface area contributed by atoms with E-state index in [0.29, 0.717) is 35.2 Å². The first-order valence-corrected chi connectivity index (χ1v) is 7.88. The fraction of sp³-hybridized carbons (Fsp3) is 0.250. The second kappa shape index (κ2) is 8.78. The van der Waals surface area contributed by atoms with Crippen molar-refractivity contribution >= 4 is 11.9 Å². The Morgan fingerprint density at radius 2 is 1.68 bits per heavy atom. The molecular weight excluding hydrogens is 320 g/mol. The van der Waals surface area contributed by atoms with E-state index in [2.05, 4.69) is 0 Å². The standard InChI is InChI=1S/C20H22O5/c1-5-25-20-18(23-3)11-14(12-19(20)24-4)9-10-17(21)15-7-6-8-16(13-15)22-2/h6-13H,5H2,1-4H3. The maximum atomic E-state index is 12.3. The molecule has 0 aliphatic carbocycles. The van der Waals surface area contributed by atoms with Crippen LogP contribution in [0.15, 0.2) is 42.5 Å². The van der Waals surface area contributed by atoms with Crippen LogP contribution in [0.4, 0.5) is 0 Å². The largest absolute Gasteiger partial charge is 0.497 e. The molecule has 2 aromatic rings. The Kier molecular flexibility index (Phi) is 6.46. The van der Waals surface area contributed by atoms with E-state index < -0.39 is 0 Å². The van der Waals surface area contributed by atoms with Crippen molar-refractivity contribution in [3.8, 4) is 23.0 Å². The van der Waals surface area contributed by atoms with Crippen LogP contribution in [-0.2, 0) is 0 Å². The zero-order chi connectivity index (χ0) is 18.2. The van der Waals surface area contributed by atoms with E-state index in [1.54, 1.807) is 63.8 Å². The van der Waals surface area contributed by atoms with Crippen LogP contribution in [0.2, 0.25) is 0 Å². The fourth-order valence-corrected chi connectivity index (χ4v) is 2.33. The second-order valence-electron chi connectivity index (χ2n) is 5.12. The molecule has 0 spiro atoms. The molecule has 5 nitrogen and oxygen atoms in total.